The van der Waals surface area contributed by atoms with Crippen molar-refractivity contribution < 1.29 is 23.8 Å². The lowest BCUT2D eigenvalue weighted by Crippen LogP contribution is -2.30. The van der Waals surface area contributed by atoms with Crippen LogP contribution < -0.4 is 0 Å². The van der Waals surface area contributed by atoms with Gasteiger partial charge in [-0.3, -0.25) is 9.59 Å². The van der Waals surface area contributed by atoms with Crippen molar-refractivity contribution in [1.82, 2.24) is 0 Å². The molecule has 0 fully saturated rings. The number of esters is 2. The Morgan fingerprint density at radius 1 is 0.318 bits per heavy atom. The first-order valence-corrected chi connectivity index (χ1v) is 30.2. The third-order valence-corrected chi connectivity index (χ3v) is 13.8. The van der Waals surface area contributed by atoms with E-state index in [9.17, 15) is 9.59 Å². The number of carbonyl (C=O) groups excluding carboxylic acids is 2. The number of carbonyl (C=O) groups is 2. The predicted octanol–water partition coefficient (Wildman–Crippen LogP) is 20.6. The average Bonchev–Trinajstić information content (AvgIpc) is 3.32. The van der Waals surface area contributed by atoms with Gasteiger partial charge in [-0.05, 0) is 44.9 Å². The first-order chi connectivity index (χ1) is 32.6. The summed E-state index contributed by atoms with van der Waals surface area (Å²) >= 11 is 0. The Morgan fingerprint density at radius 2 is 0.591 bits per heavy atom. The molecule has 0 saturated carbocycles. The lowest BCUT2D eigenvalue weighted by molar-refractivity contribution is -0.163. The van der Waals surface area contributed by atoms with Crippen LogP contribution >= 0.6 is 0 Å². The van der Waals surface area contributed by atoms with E-state index in [4.69, 9.17) is 14.2 Å². The topological polar surface area (TPSA) is 61.8 Å². The van der Waals surface area contributed by atoms with Crippen LogP contribution in [0.15, 0.2) is 12.2 Å². The summed E-state index contributed by atoms with van der Waals surface area (Å²) in [6.07, 6.45) is 68.1. The second-order valence-corrected chi connectivity index (χ2v) is 20.6. The van der Waals surface area contributed by atoms with Crippen LogP contribution in [-0.2, 0) is 23.8 Å². The molecule has 0 amide bonds. The minimum Gasteiger partial charge on any atom is -0.462 e. The molecule has 0 saturated heterocycles. The molecular formula is C61H118O5. The summed E-state index contributed by atoms with van der Waals surface area (Å²) in [5.74, 6) is -0.369. The molecular weight excluding hydrogens is 813 g/mol. The molecule has 0 bridgehead atoms. The van der Waals surface area contributed by atoms with Crippen LogP contribution in [0.3, 0.4) is 0 Å². The monoisotopic (exact) mass is 931 g/mol. The van der Waals surface area contributed by atoms with Crippen molar-refractivity contribution in [2.24, 2.45) is 0 Å². The number of allylic oxidation sites excluding steroid dienone is 2. The van der Waals surface area contributed by atoms with Crippen LogP contribution in [0.25, 0.3) is 0 Å². The third kappa shape index (κ3) is 55.2. The van der Waals surface area contributed by atoms with Crippen LogP contribution in [0, 0.1) is 0 Å². The first kappa shape index (κ1) is 64.6. The zero-order valence-electron chi connectivity index (χ0n) is 45.2. The molecule has 66 heavy (non-hydrogen) atoms. The van der Waals surface area contributed by atoms with Crippen molar-refractivity contribution in [2.75, 3.05) is 19.8 Å². The van der Waals surface area contributed by atoms with Gasteiger partial charge in [-0.25, -0.2) is 0 Å². The van der Waals surface area contributed by atoms with Crippen molar-refractivity contribution in [3.05, 3.63) is 12.2 Å². The Labute approximate surface area is 414 Å². The Hall–Kier alpha value is -1.36. The second-order valence-electron chi connectivity index (χ2n) is 20.6. The molecule has 0 aromatic rings. The summed E-state index contributed by atoms with van der Waals surface area (Å²) in [7, 11) is 0. The minimum absolute atomic E-state index is 0.0953. The predicted molar refractivity (Wildman–Crippen MR) is 289 cm³/mol. The highest BCUT2D eigenvalue weighted by molar-refractivity contribution is 5.70. The van der Waals surface area contributed by atoms with Crippen molar-refractivity contribution in [3.63, 3.8) is 0 Å². The third-order valence-electron chi connectivity index (χ3n) is 13.8. The molecule has 1 atom stereocenters. The van der Waals surface area contributed by atoms with E-state index in [0.29, 0.717) is 26.1 Å². The van der Waals surface area contributed by atoms with Gasteiger partial charge in [0.15, 0.2) is 6.10 Å². The van der Waals surface area contributed by atoms with E-state index in [2.05, 4.69) is 32.9 Å². The zero-order chi connectivity index (χ0) is 47.7. The standard InChI is InChI=1S/C61H118O5/c1-4-7-10-13-16-19-22-25-27-29-30-31-33-35-38-41-44-47-50-53-56-64-57-59(66-61(63)55-52-49-46-43-40-36-24-21-18-15-12-9-6-3)58-65-60(62)54-51-48-45-42-39-37-34-32-28-26-23-20-17-14-11-8-5-2/h25,27,59H,4-24,26,28-58H2,1-3H3/b27-25-. The zero-order valence-corrected chi connectivity index (χ0v) is 45.2. The van der Waals surface area contributed by atoms with Crippen LogP contribution in [0.1, 0.15) is 342 Å². The average molecular weight is 932 g/mol. The number of hydrogen-bond acceptors (Lipinski definition) is 5. The van der Waals surface area contributed by atoms with E-state index in [1.54, 1.807) is 0 Å². The van der Waals surface area contributed by atoms with Gasteiger partial charge < -0.3 is 14.2 Å². The summed E-state index contributed by atoms with van der Waals surface area (Å²) in [6, 6.07) is 0. The smallest absolute Gasteiger partial charge is 0.306 e. The molecule has 0 aliphatic carbocycles. The molecule has 0 rings (SSSR count). The molecule has 392 valence electrons. The molecule has 0 aromatic heterocycles. The van der Waals surface area contributed by atoms with Crippen LogP contribution in [0.5, 0.6) is 0 Å². The van der Waals surface area contributed by atoms with Crippen molar-refractivity contribution >= 4 is 11.9 Å². The Kier molecular flexibility index (Phi) is 56.8. The summed E-state index contributed by atoms with van der Waals surface area (Å²) in [6.45, 7) is 7.91. The van der Waals surface area contributed by atoms with Crippen molar-refractivity contribution in [2.45, 2.75) is 348 Å². The molecule has 1 unspecified atom stereocenters. The van der Waals surface area contributed by atoms with Gasteiger partial charge in [0.2, 0.25) is 0 Å². The number of hydrogen-bond donors (Lipinski definition) is 0. The quantitative estimate of drug-likeness (QED) is 0.0345. The fourth-order valence-corrected chi connectivity index (χ4v) is 9.27. The van der Waals surface area contributed by atoms with Crippen LogP contribution in [0.4, 0.5) is 0 Å². The molecule has 0 heterocycles. The van der Waals surface area contributed by atoms with Crippen molar-refractivity contribution in [1.29, 1.82) is 0 Å². The minimum atomic E-state index is -0.528. The fourth-order valence-electron chi connectivity index (χ4n) is 9.27. The second kappa shape index (κ2) is 58.0. The normalized spacial score (nSPS) is 12.1. The summed E-state index contributed by atoms with van der Waals surface area (Å²) in [5, 5.41) is 0. The highest BCUT2D eigenvalue weighted by Gasteiger charge is 2.18. The highest BCUT2D eigenvalue weighted by Crippen LogP contribution is 2.17. The van der Waals surface area contributed by atoms with Gasteiger partial charge in [0, 0.05) is 19.4 Å². The molecule has 0 spiro atoms. The van der Waals surface area contributed by atoms with E-state index >= 15 is 0 Å². The van der Waals surface area contributed by atoms with Gasteiger partial charge in [0.1, 0.15) is 6.61 Å². The Bertz CT molecular complexity index is 963. The molecule has 0 aromatic carbocycles. The number of unbranched alkanes of at least 4 members (excludes halogenated alkanes) is 44. The maximum atomic E-state index is 12.8. The van der Waals surface area contributed by atoms with E-state index in [1.807, 2.05) is 0 Å². The van der Waals surface area contributed by atoms with Gasteiger partial charge >= 0.3 is 11.9 Å². The van der Waals surface area contributed by atoms with Gasteiger partial charge in [0.25, 0.3) is 0 Å². The van der Waals surface area contributed by atoms with E-state index in [1.165, 1.54) is 276 Å². The SMILES string of the molecule is CCCCCCCC/C=C\CCCCCCCCCCCCOCC(COC(=O)CCCCCCCCCCCCCCCCCCC)OC(=O)CCCCCCCCCCCCCCC. The molecule has 0 aliphatic heterocycles. The van der Waals surface area contributed by atoms with E-state index < -0.39 is 6.10 Å². The van der Waals surface area contributed by atoms with Crippen molar-refractivity contribution in [3.8, 4) is 0 Å². The van der Waals surface area contributed by atoms with Gasteiger partial charge in [-0.1, -0.05) is 296 Å². The number of ether oxygens (including phenoxy) is 3. The fraction of sp³-hybridized carbons (Fsp3) is 0.934. The molecule has 5 heteroatoms. The van der Waals surface area contributed by atoms with Gasteiger partial charge in [-0.15, -0.1) is 0 Å². The largest absolute Gasteiger partial charge is 0.462 e. The Morgan fingerprint density at radius 3 is 0.924 bits per heavy atom. The highest BCUT2D eigenvalue weighted by atomic mass is 16.6. The summed E-state index contributed by atoms with van der Waals surface area (Å²) in [5.41, 5.74) is 0. The molecule has 0 aliphatic rings. The first-order valence-electron chi connectivity index (χ1n) is 30.2. The van der Waals surface area contributed by atoms with E-state index in [0.717, 1.165) is 32.1 Å². The summed E-state index contributed by atoms with van der Waals surface area (Å²) < 4.78 is 17.5. The molecule has 0 radical (unpaired) electrons. The molecule has 0 N–H and O–H groups in total. The van der Waals surface area contributed by atoms with E-state index in [-0.39, 0.29) is 18.5 Å². The maximum absolute atomic E-state index is 12.8. The maximum Gasteiger partial charge on any atom is 0.306 e. The summed E-state index contributed by atoms with van der Waals surface area (Å²) in [4.78, 5) is 25.5. The Balaban J connectivity index is 4.17. The lowest BCUT2D eigenvalue weighted by atomic mass is 10.0. The van der Waals surface area contributed by atoms with Gasteiger partial charge in [0.05, 0.1) is 6.61 Å². The molecule has 5 nitrogen and oxygen atoms in total. The van der Waals surface area contributed by atoms with Crippen LogP contribution in [-0.4, -0.2) is 37.9 Å². The number of rotatable bonds is 57. The van der Waals surface area contributed by atoms with Crippen LogP contribution in [0.2, 0.25) is 0 Å². The van der Waals surface area contributed by atoms with Gasteiger partial charge in [-0.2, -0.15) is 0 Å². The lowest BCUT2D eigenvalue weighted by Gasteiger charge is -2.18.